The molecule has 4 rings (SSSR count). The summed E-state index contributed by atoms with van der Waals surface area (Å²) in [6.45, 7) is 2.72. The Kier molecular flexibility index (Phi) is 5.23. The van der Waals surface area contributed by atoms with Gasteiger partial charge in [-0.1, -0.05) is 23.8 Å². The second-order valence-electron chi connectivity index (χ2n) is 7.10. The van der Waals surface area contributed by atoms with E-state index in [0.717, 1.165) is 11.6 Å². The molecule has 0 bridgehead atoms. The summed E-state index contributed by atoms with van der Waals surface area (Å²) < 4.78 is 10.8. The summed E-state index contributed by atoms with van der Waals surface area (Å²) in [5.41, 5.74) is 0.780. The van der Waals surface area contributed by atoms with Crippen LogP contribution in [0.3, 0.4) is 0 Å². The average molecular weight is 436 g/mol. The van der Waals surface area contributed by atoms with Crippen molar-refractivity contribution in [1.82, 2.24) is 15.1 Å². The molecule has 11 nitrogen and oxygen atoms in total. The number of hydrogen-bond acceptors (Lipinski definition) is 9. The van der Waals surface area contributed by atoms with Crippen LogP contribution in [0.4, 0.5) is 5.69 Å². The summed E-state index contributed by atoms with van der Waals surface area (Å²) >= 11 is 0. The molecule has 2 aromatic carbocycles. The molecule has 162 valence electrons. The van der Waals surface area contributed by atoms with E-state index in [2.05, 4.69) is 10.2 Å². The summed E-state index contributed by atoms with van der Waals surface area (Å²) in [5.74, 6) is -2.37. The maximum atomic E-state index is 12.6. The normalized spacial score (nSPS) is 13.8. The van der Waals surface area contributed by atoms with E-state index in [9.17, 15) is 24.5 Å². The molecular weight excluding hydrogens is 420 g/mol. The summed E-state index contributed by atoms with van der Waals surface area (Å²) in [6, 6.07) is 11.1. The Balaban J connectivity index is 1.45. The van der Waals surface area contributed by atoms with Crippen molar-refractivity contribution in [1.29, 1.82) is 0 Å². The topological polar surface area (TPSA) is 146 Å². The van der Waals surface area contributed by atoms with E-state index in [-0.39, 0.29) is 22.9 Å². The quantitative estimate of drug-likeness (QED) is 0.246. The number of hydrogen-bond donors (Lipinski definition) is 0. The second kappa shape index (κ2) is 8.02. The Labute approximate surface area is 180 Å². The van der Waals surface area contributed by atoms with Gasteiger partial charge in [-0.2, -0.15) is 0 Å². The van der Waals surface area contributed by atoms with Crippen LogP contribution in [0, 0.1) is 17.0 Å². The third-order valence-corrected chi connectivity index (χ3v) is 4.86. The fraction of sp³-hybridized carbons (Fsp3) is 0.190. The van der Waals surface area contributed by atoms with Gasteiger partial charge in [0.1, 0.15) is 12.1 Å². The average Bonchev–Trinajstić information content (AvgIpc) is 3.34. The minimum Gasteiger partial charge on any atom is -0.451 e. The molecule has 0 radical (unpaired) electrons. The first kappa shape index (κ1) is 20.8. The molecule has 2 amide bonds. The Morgan fingerprint density at radius 2 is 1.88 bits per heavy atom. The zero-order valence-corrected chi connectivity index (χ0v) is 17.0. The predicted octanol–water partition coefficient (Wildman–Crippen LogP) is 2.85. The zero-order valence-electron chi connectivity index (χ0n) is 17.0. The highest BCUT2D eigenvalue weighted by Crippen LogP contribution is 2.31. The monoisotopic (exact) mass is 436 g/mol. The zero-order chi connectivity index (χ0) is 23.0. The molecule has 0 spiro atoms. The third kappa shape index (κ3) is 3.71. The number of nitro benzene ring substituents is 1. The van der Waals surface area contributed by atoms with Crippen LogP contribution in [-0.2, 0) is 9.53 Å². The third-order valence-electron chi connectivity index (χ3n) is 4.86. The molecule has 0 saturated carbocycles. The second-order valence-corrected chi connectivity index (χ2v) is 7.10. The fourth-order valence-corrected chi connectivity index (χ4v) is 3.24. The molecule has 32 heavy (non-hydrogen) atoms. The van der Waals surface area contributed by atoms with Crippen LogP contribution in [0.15, 0.2) is 46.9 Å². The number of ether oxygens (including phenoxy) is 1. The minimum atomic E-state index is -0.946. The smallest absolute Gasteiger partial charge is 0.326 e. The SMILES string of the molecule is Cc1ccc(-c2nnc(C(C)OC(=O)CN3C(=O)c4cccc([N+](=O)[O-])c4C3=O)o2)cc1. The van der Waals surface area contributed by atoms with Crippen molar-refractivity contribution in [3.63, 3.8) is 0 Å². The Bertz CT molecular complexity index is 1250. The van der Waals surface area contributed by atoms with Gasteiger partial charge in [-0.3, -0.25) is 29.4 Å². The lowest BCUT2D eigenvalue weighted by Gasteiger charge is -2.14. The Morgan fingerprint density at radius 3 is 2.56 bits per heavy atom. The Hall–Kier alpha value is -4.41. The number of rotatable bonds is 6. The summed E-state index contributed by atoms with van der Waals surface area (Å²) in [4.78, 5) is 48.4. The molecule has 11 heteroatoms. The molecule has 0 saturated heterocycles. The van der Waals surface area contributed by atoms with E-state index in [1.165, 1.54) is 19.1 Å². The van der Waals surface area contributed by atoms with Crippen LogP contribution in [0.25, 0.3) is 11.5 Å². The molecule has 1 unspecified atom stereocenters. The molecule has 1 aliphatic heterocycles. The molecule has 2 heterocycles. The van der Waals surface area contributed by atoms with Crippen LogP contribution in [0.1, 0.15) is 45.2 Å². The molecule has 1 atom stereocenters. The van der Waals surface area contributed by atoms with Gasteiger partial charge >= 0.3 is 5.97 Å². The molecule has 0 aliphatic carbocycles. The van der Waals surface area contributed by atoms with E-state index in [4.69, 9.17) is 9.15 Å². The van der Waals surface area contributed by atoms with E-state index in [0.29, 0.717) is 10.5 Å². The highest BCUT2D eigenvalue weighted by Gasteiger charge is 2.42. The molecule has 0 N–H and O–H groups in total. The maximum absolute atomic E-state index is 12.6. The molecular formula is C21H16N4O7. The van der Waals surface area contributed by atoms with Crippen LogP contribution in [0.5, 0.6) is 0 Å². The number of imide groups is 1. The van der Waals surface area contributed by atoms with E-state index in [1.807, 2.05) is 31.2 Å². The van der Waals surface area contributed by atoms with E-state index in [1.54, 1.807) is 0 Å². The summed E-state index contributed by atoms with van der Waals surface area (Å²) in [5, 5.41) is 19.0. The molecule has 1 aromatic heterocycles. The van der Waals surface area contributed by atoms with Crippen LogP contribution in [0.2, 0.25) is 0 Å². The van der Waals surface area contributed by atoms with Crippen LogP contribution < -0.4 is 0 Å². The lowest BCUT2D eigenvalue weighted by Crippen LogP contribution is -2.36. The van der Waals surface area contributed by atoms with Gasteiger partial charge in [0.25, 0.3) is 23.4 Å². The summed E-state index contributed by atoms with van der Waals surface area (Å²) in [7, 11) is 0. The minimum absolute atomic E-state index is 0.0342. The molecule has 3 aromatic rings. The van der Waals surface area contributed by atoms with Gasteiger partial charge in [0, 0.05) is 11.6 Å². The van der Waals surface area contributed by atoms with Gasteiger partial charge < -0.3 is 9.15 Å². The van der Waals surface area contributed by atoms with Crippen molar-refractivity contribution in [3.8, 4) is 11.5 Å². The standard InChI is InChI=1S/C21H16N4O7/c1-11-6-8-13(9-7-11)19-23-22-18(32-19)12(2)31-16(26)10-24-20(27)14-4-3-5-15(25(29)30)17(14)21(24)28/h3-9,12H,10H2,1-2H3. The van der Waals surface area contributed by atoms with E-state index < -0.39 is 41.0 Å². The fourth-order valence-electron chi connectivity index (χ4n) is 3.24. The largest absolute Gasteiger partial charge is 0.451 e. The number of aromatic nitrogens is 2. The number of nitro groups is 1. The number of benzene rings is 2. The van der Waals surface area contributed by atoms with Crippen molar-refractivity contribution in [3.05, 3.63) is 75.2 Å². The first-order valence-electron chi connectivity index (χ1n) is 9.49. The number of aryl methyl sites for hydroxylation is 1. The lowest BCUT2D eigenvalue weighted by molar-refractivity contribution is -0.385. The number of carbonyl (C=O) groups is 3. The van der Waals surface area contributed by atoms with Crippen LogP contribution in [-0.4, -0.2) is 44.3 Å². The Morgan fingerprint density at radius 1 is 1.16 bits per heavy atom. The number of amides is 2. The van der Waals surface area contributed by atoms with Gasteiger partial charge in [0.15, 0.2) is 6.10 Å². The van der Waals surface area contributed by atoms with Gasteiger partial charge in [0.2, 0.25) is 5.89 Å². The predicted molar refractivity (Wildman–Crippen MR) is 107 cm³/mol. The number of carbonyl (C=O) groups excluding carboxylic acids is 3. The van der Waals surface area contributed by atoms with Crippen LogP contribution >= 0.6 is 0 Å². The van der Waals surface area contributed by atoms with Crippen molar-refractivity contribution < 1.29 is 28.5 Å². The van der Waals surface area contributed by atoms with Crippen molar-refractivity contribution in [2.24, 2.45) is 0 Å². The number of nitrogens with zero attached hydrogens (tertiary/aromatic N) is 4. The highest BCUT2D eigenvalue weighted by atomic mass is 16.6. The van der Waals surface area contributed by atoms with Gasteiger partial charge in [-0.05, 0) is 32.0 Å². The van der Waals surface area contributed by atoms with Gasteiger partial charge in [-0.25, -0.2) is 0 Å². The van der Waals surface area contributed by atoms with Crippen molar-refractivity contribution >= 4 is 23.5 Å². The molecule has 1 aliphatic rings. The first-order chi connectivity index (χ1) is 15.3. The summed E-state index contributed by atoms with van der Waals surface area (Å²) in [6.07, 6.45) is -0.946. The van der Waals surface area contributed by atoms with Gasteiger partial charge in [-0.15, -0.1) is 10.2 Å². The van der Waals surface area contributed by atoms with Crippen molar-refractivity contribution in [2.75, 3.05) is 6.54 Å². The van der Waals surface area contributed by atoms with Crippen molar-refractivity contribution in [2.45, 2.75) is 20.0 Å². The van der Waals surface area contributed by atoms with Gasteiger partial charge in [0.05, 0.1) is 10.5 Å². The number of esters is 1. The van der Waals surface area contributed by atoms with E-state index >= 15 is 0 Å². The lowest BCUT2D eigenvalue weighted by atomic mass is 10.1. The first-order valence-corrected chi connectivity index (χ1v) is 9.49. The highest BCUT2D eigenvalue weighted by molar-refractivity contribution is 6.24. The number of fused-ring (bicyclic) bond motifs is 1. The molecule has 0 fully saturated rings. The maximum Gasteiger partial charge on any atom is 0.326 e.